The van der Waals surface area contributed by atoms with Crippen molar-refractivity contribution in [1.29, 1.82) is 0 Å². The van der Waals surface area contributed by atoms with E-state index in [1.54, 1.807) is 0 Å². The second-order valence-electron chi connectivity index (χ2n) is 13.3. The molecule has 2 aliphatic rings. The van der Waals surface area contributed by atoms with Gasteiger partial charge in [-0.15, -0.1) is 0 Å². The molecule has 6 aromatic rings. The lowest BCUT2D eigenvalue weighted by Crippen LogP contribution is -2.14. The number of aryl methyl sites for hydroxylation is 2. The molecule has 236 valence electrons. The predicted octanol–water partition coefficient (Wildman–Crippen LogP) is 12.7. The zero-order chi connectivity index (χ0) is 32.6. The van der Waals surface area contributed by atoms with Gasteiger partial charge in [-0.25, -0.2) is 0 Å². The second-order valence-corrected chi connectivity index (χ2v) is 13.3. The molecule has 1 aliphatic carbocycles. The number of para-hydroxylation sites is 1. The summed E-state index contributed by atoms with van der Waals surface area (Å²) in [6.07, 6.45) is 21.7. The molecule has 2 atom stereocenters. The van der Waals surface area contributed by atoms with Gasteiger partial charge in [-0.05, 0) is 93.6 Å². The van der Waals surface area contributed by atoms with Crippen molar-refractivity contribution >= 4 is 50.4 Å². The summed E-state index contributed by atoms with van der Waals surface area (Å²) >= 11 is 0. The molecule has 0 saturated heterocycles. The first-order chi connectivity index (χ1) is 23.6. The maximum atomic E-state index is 6.54. The van der Waals surface area contributed by atoms with E-state index in [9.17, 15) is 0 Å². The average Bonchev–Trinajstić information content (AvgIpc) is 3.52. The SMILES string of the molecule is CC/C=C(\C=C/[C@H](C)C1CC=CC=N1)c1c2ccccc2c(-c2cccc(-c3cccc4c5c(oc34)CCC=C5)c2)c2ccc(C)cc12. The molecule has 0 amide bonds. The largest absolute Gasteiger partial charge is 0.460 e. The van der Waals surface area contributed by atoms with Gasteiger partial charge in [0.05, 0.1) is 6.04 Å². The molecule has 2 heteroatoms. The molecule has 1 unspecified atom stereocenters. The van der Waals surface area contributed by atoms with Crippen LogP contribution in [0.4, 0.5) is 0 Å². The smallest absolute Gasteiger partial charge is 0.142 e. The van der Waals surface area contributed by atoms with Crippen molar-refractivity contribution in [3.63, 3.8) is 0 Å². The summed E-state index contributed by atoms with van der Waals surface area (Å²) in [5.41, 5.74) is 10.9. The Morgan fingerprint density at radius 1 is 0.875 bits per heavy atom. The van der Waals surface area contributed by atoms with Gasteiger partial charge >= 0.3 is 0 Å². The Balaban J connectivity index is 1.31. The van der Waals surface area contributed by atoms with Crippen molar-refractivity contribution in [2.75, 3.05) is 0 Å². The van der Waals surface area contributed by atoms with E-state index in [2.05, 4.69) is 148 Å². The van der Waals surface area contributed by atoms with Crippen LogP contribution >= 0.6 is 0 Å². The van der Waals surface area contributed by atoms with Crippen LogP contribution < -0.4 is 0 Å². The van der Waals surface area contributed by atoms with Crippen molar-refractivity contribution in [2.45, 2.75) is 52.5 Å². The van der Waals surface area contributed by atoms with Crippen molar-refractivity contribution in [3.05, 3.63) is 144 Å². The minimum atomic E-state index is 0.286. The first-order valence-electron chi connectivity index (χ1n) is 17.4. The lowest BCUT2D eigenvalue weighted by molar-refractivity contribution is 0.546. The molecular weight excluding hydrogens is 583 g/mol. The Bertz CT molecular complexity index is 2340. The van der Waals surface area contributed by atoms with Crippen LogP contribution in [0.25, 0.3) is 66.4 Å². The number of dihydropyridines is 1. The number of aliphatic imine (C=N–C) groups is 1. The molecule has 0 radical (unpaired) electrons. The fourth-order valence-corrected chi connectivity index (χ4v) is 7.66. The monoisotopic (exact) mass is 623 g/mol. The Labute approximate surface area is 283 Å². The Kier molecular flexibility index (Phi) is 8.02. The first-order valence-corrected chi connectivity index (χ1v) is 17.4. The van der Waals surface area contributed by atoms with Gasteiger partial charge in [-0.3, -0.25) is 4.99 Å². The molecule has 0 saturated carbocycles. The standard InChI is InChI=1S/C46H41NO/c1-4-13-32(25-24-31(3)42-21-9-10-27-47-42)44-37-17-5-6-18-38(37)45(39-26-23-30(2)28-41(39)44)34-15-11-14-33(29-34)35-19-12-20-40-36-16-7-8-22-43(36)48-46(35)40/h5-7,9-20,23-29,31,42H,4,8,21-22H2,1-3H3/b25-24-,32-13+/t31-,42?/m0/s1. The molecular formula is C46H41NO. The highest BCUT2D eigenvalue weighted by atomic mass is 16.3. The highest BCUT2D eigenvalue weighted by Gasteiger charge is 2.21. The van der Waals surface area contributed by atoms with E-state index in [4.69, 9.17) is 9.41 Å². The first kappa shape index (κ1) is 30.1. The number of furan rings is 1. The van der Waals surface area contributed by atoms with E-state index in [1.807, 2.05) is 6.21 Å². The van der Waals surface area contributed by atoms with E-state index in [1.165, 1.54) is 65.9 Å². The van der Waals surface area contributed by atoms with Crippen molar-refractivity contribution in [1.82, 2.24) is 0 Å². The fourth-order valence-electron chi connectivity index (χ4n) is 7.66. The number of fused-ring (bicyclic) bond motifs is 5. The van der Waals surface area contributed by atoms with Crippen LogP contribution in [0, 0.1) is 12.8 Å². The van der Waals surface area contributed by atoms with E-state index in [0.717, 1.165) is 42.6 Å². The molecule has 0 N–H and O–H groups in total. The normalized spacial score (nSPS) is 16.8. The topological polar surface area (TPSA) is 25.5 Å². The Morgan fingerprint density at radius 2 is 1.69 bits per heavy atom. The van der Waals surface area contributed by atoms with Crippen LogP contribution in [0.3, 0.4) is 0 Å². The van der Waals surface area contributed by atoms with Crippen LogP contribution in [0.15, 0.2) is 131 Å². The Morgan fingerprint density at radius 3 is 2.54 bits per heavy atom. The average molecular weight is 624 g/mol. The van der Waals surface area contributed by atoms with E-state index < -0.39 is 0 Å². The molecule has 0 bridgehead atoms. The van der Waals surface area contributed by atoms with E-state index in [0.29, 0.717) is 5.92 Å². The summed E-state index contributed by atoms with van der Waals surface area (Å²) < 4.78 is 6.54. The van der Waals surface area contributed by atoms with E-state index >= 15 is 0 Å². The summed E-state index contributed by atoms with van der Waals surface area (Å²) in [5.74, 6) is 1.44. The van der Waals surface area contributed by atoms with E-state index in [-0.39, 0.29) is 6.04 Å². The predicted molar refractivity (Wildman–Crippen MR) is 207 cm³/mol. The summed E-state index contributed by atoms with van der Waals surface area (Å²) in [4.78, 5) is 4.75. The van der Waals surface area contributed by atoms with Gasteiger partial charge in [-0.2, -0.15) is 0 Å². The highest BCUT2D eigenvalue weighted by molar-refractivity contribution is 6.19. The van der Waals surface area contributed by atoms with Gasteiger partial charge in [0, 0.05) is 29.1 Å². The van der Waals surface area contributed by atoms with Crippen LogP contribution in [0.2, 0.25) is 0 Å². The molecule has 2 nitrogen and oxygen atoms in total. The summed E-state index contributed by atoms with van der Waals surface area (Å²) in [5, 5.41) is 6.30. The highest BCUT2D eigenvalue weighted by Crippen LogP contribution is 2.44. The second kappa shape index (κ2) is 12.8. The molecule has 48 heavy (non-hydrogen) atoms. The van der Waals surface area contributed by atoms with Gasteiger partial charge in [0.1, 0.15) is 11.3 Å². The fraction of sp³-hybridized carbons (Fsp3) is 0.196. The molecule has 2 heterocycles. The number of rotatable bonds is 7. The molecule has 1 aliphatic heterocycles. The van der Waals surface area contributed by atoms with Crippen molar-refractivity contribution in [2.24, 2.45) is 10.9 Å². The third-order valence-corrected chi connectivity index (χ3v) is 10.1. The Hall–Kier alpha value is -5.21. The van der Waals surface area contributed by atoms with Crippen LogP contribution in [-0.2, 0) is 6.42 Å². The zero-order valence-electron chi connectivity index (χ0n) is 28.0. The lowest BCUT2D eigenvalue weighted by atomic mass is 9.84. The summed E-state index contributed by atoms with van der Waals surface area (Å²) in [7, 11) is 0. The summed E-state index contributed by atoms with van der Waals surface area (Å²) in [6, 6.07) is 31.8. The number of hydrogen-bond acceptors (Lipinski definition) is 2. The maximum absolute atomic E-state index is 6.54. The molecule has 8 rings (SSSR count). The van der Waals surface area contributed by atoms with Gasteiger partial charge in [0.15, 0.2) is 0 Å². The number of benzene rings is 5. The molecule has 0 spiro atoms. The molecule has 5 aromatic carbocycles. The van der Waals surface area contributed by atoms with Crippen LogP contribution in [0.5, 0.6) is 0 Å². The van der Waals surface area contributed by atoms with Gasteiger partial charge < -0.3 is 4.42 Å². The lowest BCUT2D eigenvalue weighted by Gasteiger charge is -2.20. The van der Waals surface area contributed by atoms with Crippen LogP contribution in [0.1, 0.15) is 55.6 Å². The molecule has 0 fully saturated rings. The number of nitrogens with zero attached hydrogens (tertiary/aromatic N) is 1. The van der Waals surface area contributed by atoms with Crippen LogP contribution in [-0.4, -0.2) is 12.3 Å². The number of allylic oxidation sites excluding steroid dienone is 5. The third kappa shape index (κ3) is 5.36. The minimum absolute atomic E-state index is 0.286. The minimum Gasteiger partial charge on any atom is -0.460 e. The zero-order valence-corrected chi connectivity index (χ0v) is 28.0. The molecule has 1 aromatic heterocycles. The van der Waals surface area contributed by atoms with Gasteiger partial charge in [0.25, 0.3) is 0 Å². The number of hydrogen-bond donors (Lipinski definition) is 0. The van der Waals surface area contributed by atoms with Crippen molar-refractivity contribution < 1.29 is 4.42 Å². The summed E-state index contributed by atoms with van der Waals surface area (Å²) in [6.45, 7) is 6.72. The maximum Gasteiger partial charge on any atom is 0.142 e. The van der Waals surface area contributed by atoms with Gasteiger partial charge in [0.2, 0.25) is 0 Å². The van der Waals surface area contributed by atoms with Gasteiger partial charge in [-0.1, -0.05) is 135 Å². The quantitative estimate of drug-likeness (QED) is 0.128. The van der Waals surface area contributed by atoms with Crippen molar-refractivity contribution in [3.8, 4) is 22.3 Å². The third-order valence-electron chi connectivity index (χ3n) is 10.1.